The fourth-order valence-electron chi connectivity index (χ4n) is 2.33. The molecule has 0 aromatic heterocycles. The molecule has 1 amide bonds. The zero-order chi connectivity index (χ0) is 13.9. The first kappa shape index (κ1) is 15.0. The van der Waals surface area contributed by atoms with Crippen LogP contribution in [0.1, 0.15) is 40.0 Å². The van der Waals surface area contributed by atoms with E-state index in [1.165, 1.54) is 4.90 Å². The summed E-state index contributed by atoms with van der Waals surface area (Å²) < 4.78 is 0. The van der Waals surface area contributed by atoms with Crippen molar-refractivity contribution < 1.29 is 14.7 Å². The Balaban J connectivity index is 2.79. The standard InChI is InChI=1S/C13H24N2O3/c1-4-9(3)11(14)12(16)15-6-5-8(2)7-10(15)13(17)18/h8-11H,4-7,14H2,1-3H3,(H,17,18)/t8?,9?,10?,11-/m0/s1. The van der Waals surface area contributed by atoms with E-state index in [2.05, 4.69) is 0 Å². The van der Waals surface area contributed by atoms with Crippen LogP contribution in [0.3, 0.4) is 0 Å². The molecule has 1 fully saturated rings. The Morgan fingerprint density at radius 3 is 2.61 bits per heavy atom. The van der Waals surface area contributed by atoms with Gasteiger partial charge in [0.2, 0.25) is 5.91 Å². The molecule has 3 N–H and O–H groups in total. The van der Waals surface area contributed by atoms with Crippen LogP contribution in [0.25, 0.3) is 0 Å². The quantitative estimate of drug-likeness (QED) is 0.788. The minimum absolute atomic E-state index is 0.0753. The lowest BCUT2D eigenvalue weighted by Crippen LogP contribution is -2.56. The maximum atomic E-state index is 12.3. The van der Waals surface area contributed by atoms with E-state index in [4.69, 9.17) is 5.73 Å². The summed E-state index contributed by atoms with van der Waals surface area (Å²) in [6, 6.07) is -1.30. The van der Waals surface area contributed by atoms with Crippen LogP contribution in [0.2, 0.25) is 0 Å². The first-order valence-corrected chi connectivity index (χ1v) is 6.67. The third kappa shape index (κ3) is 3.22. The fourth-order valence-corrected chi connectivity index (χ4v) is 2.33. The molecule has 4 atom stereocenters. The molecule has 18 heavy (non-hydrogen) atoms. The number of aliphatic carboxylic acids is 1. The monoisotopic (exact) mass is 256 g/mol. The number of carbonyl (C=O) groups is 2. The molecule has 5 heteroatoms. The van der Waals surface area contributed by atoms with E-state index in [1.54, 1.807) is 0 Å². The number of hydrogen-bond acceptors (Lipinski definition) is 3. The van der Waals surface area contributed by atoms with E-state index in [1.807, 2.05) is 20.8 Å². The molecule has 0 radical (unpaired) electrons. The highest BCUT2D eigenvalue weighted by atomic mass is 16.4. The topological polar surface area (TPSA) is 83.6 Å². The Bertz CT molecular complexity index is 319. The highest BCUT2D eigenvalue weighted by Gasteiger charge is 2.37. The number of nitrogens with zero attached hydrogens (tertiary/aromatic N) is 1. The first-order chi connectivity index (χ1) is 8.38. The summed E-state index contributed by atoms with van der Waals surface area (Å²) in [7, 11) is 0. The highest BCUT2D eigenvalue weighted by Crippen LogP contribution is 2.24. The van der Waals surface area contributed by atoms with Crippen molar-refractivity contribution in [3.63, 3.8) is 0 Å². The number of carboxylic acid groups (broad SMARTS) is 1. The second-order valence-electron chi connectivity index (χ2n) is 5.43. The van der Waals surface area contributed by atoms with Gasteiger partial charge in [-0.25, -0.2) is 4.79 Å². The van der Waals surface area contributed by atoms with Crippen LogP contribution >= 0.6 is 0 Å². The van der Waals surface area contributed by atoms with Gasteiger partial charge in [-0.2, -0.15) is 0 Å². The average molecular weight is 256 g/mol. The second-order valence-corrected chi connectivity index (χ2v) is 5.43. The van der Waals surface area contributed by atoms with Crippen molar-refractivity contribution in [3.05, 3.63) is 0 Å². The van der Waals surface area contributed by atoms with Crippen molar-refractivity contribution in [1.29, 1.82) is 0 Å². The predicted molar refractivity (Wildman–Crippen MR) is 69.0 cm³/mol. The molecule has 1 aliphatic heterocycles. The smallest absolute Gasteiger partial charge is 0.326 e. The van der Waals surface area contributed by atoms with Gasteiger partial charge in [-0.1, -0.05) is 27.2 Å². The molecule has 1 aliphatic rings. The minimum Gasteiger partial charge on any atom is -0.480 e. The second kappa shape index (κ2) is 6.18. The summed E-state index contributed by atoms with van der Waals surface area (Å²) >= 11 is 0. The molecule has 0 saturated carbocycles. The summed E-state index contributed by atoms with van der Waals surface area (Å²) in [4.78, 5) is 25.0. The van der Waals surface area contributed by atoms with Crippen molar-refractivity contribution in [1.82, 2.24) is 4.90 Å². The van der Waals surface area contributed by atoms with Crippen molar-refractivity contribution in [2.75, 3.05) is 6.54 Å². The van der Waals surface area contributed by atoms with Crippen molar-refractivity contribution in [2.45, 2.75) is 52.1 Å². The van der Waals surface area contributed by atoms with Gasteiger partial charge in [0.1, 0.15) is 6.04 Å². The predicted octanol–water partition coefficient (Wildman–Crippen LogP) is 1.07. The minimum atomic E-state index is -0.925. The number of hydrogen-bond donors (Lipinski definition) is 2. The number of likely N-dealkylation sites (tertiary alicyclic amines) is 1. The van der Waals surface area contributed by atoms with Crippen LogP contribution in [0.15, 0.2) is 0 Å². The zero-order valence-corrected chi connectivity index (χ0v) is 11.4. The number of carboxylic acids is 1. The maximum absolute atomic E-state index is 12.3. The molecule has 1 heterocycles. The molecule has 1 saturated heterocycles. The van der Waals surface area contributed by atoms with Gasteiger partial charge >= 0.3 is 5.97 Å². The van der Waals surface area contributed by atoms with E-state index < -0.39 is 18.1 Å². The van der Waals surface area contributed by atoms with Gasteiger partial charge in [-0.3, -0.25) is 4.79 Å². The molecule has 0 aromatic rings. The van der Waals surface area contributed by atoms with Gasteiger partial charge in [0, 0.05) is 6.54 Å². The Kier molecular flexibility index (Phi) is 5.14. The summed E-state index contributed by atoms with van der Waals surface area (Å²) in [5.41, 5.74) is 5.91. The van der Waals surface area contributed by atoms with E-state index in [9.17, 15) is 14.7 Å². The lowest BCUT2D eigenvalue weighted by atomic mass is 9.90. The number of rotatable bonds is 4. The molecule has 104 valence electrons. The number of amides is 1. The summed E-state index contributed by atoms with van der Waals surface area (Å²) in [5.74, 6) is -0.726. The maximum Gasteiger partial charge on any atom is 0.326 e. The van der Waals surface area contributed by atoms with Crippen LogP contribution in [-0.2, 0) is 9.59 Å². The molecular formula is C13H24N2O3. The Labute approximate surface area is 108 Å². The van der Waals surface area contributed by atoms with Crippen LogP contribution in [-0.4, -0.2) is 40.5 Å². The largest absolute Gasteiger partial charge is 0.480 e. The van der Waals surface area contributed by atoms with Gasteiger partial charge in [-0.15, -0.1) is 0 Å². The van der Waals surface area contributed by atoms with E-state index >= 15 is 0 Å². The molecule has 0 spiro atoms. The third-order valence-corrected chi connectivity index (χ3v) is 3.97. The summed E-state index contributed by atoms with van der Waals surface area (Å²) in [5, 5.41) is 9.22. The fraction of sp³-hybridized carbons (Fsp3) is 0.846. The Morgan fingerprint density at radius 1 is 1.50 bits per heavy atom. The normalized spacial score (nSPS) is 27.7. The molecule has 5 nitrogen and oxygen atoms in total. The summed E-state index contributed by atoms with van der Waals surface area (Å²) in [6.07, 6.45) is 2.19. The lowest BCUT2D eigenvalue weighted by molar-refractivity contribution is -0.154. The van der Waals surface area contributed by atoms with Crippen molar-refractivity contribution in [3.8, 4) is 0 Å². The highest BCUT2D eigenvalue weighted by molar-refractivity contribution is 5.87. The SMILES string of the molecule is CCC(C)[C@H](N)C(=O)N1CCC(C)CC1C(=O)O. The van der Waals surface area contributed by atoms with Gasteiger partial charge in [0.05, 0.1) is 6.04 Å². The van der Waals surface area contributed by atoms with Crippen LogP contribution in [0.4, 0.5) is 0 Å². The molecule has 0 bridgehead atoms. The van der Waals surface area contributed by atoms with Gasteiger partial charge in [0.15, 0.2) is 0 Å². The van der Waals surface area contributed by atoms with Crippen LogP contribution in [0, 0.1) is 11.8 Å². The number of nitrogens with two attached hydrogens (primary N) is 1. The first-order valence-electron chi connectivity index (χ1n) is 6.67. The average Bonchev–Trinajstić information content (AvgIpc) is 2.35. The number of carbonyl (C=O) groups excluding carboxylic acids is 1. The molecule has 0 aliphatic carbocycles. The summed E-state index contributed by atoms with van der Waals surface area (Å²) in [6.45, 7) is 6.42. The van der Waals surface area contributed by atoms with E-state index in [0.717, 1.165) is 12.8 Å². The van der Waals surface area contributed by atoms with Crippen LogP contribution in [0.5, 0.6) is 0 Å². The lowest BCUT2D eigenvalue weighted by Gasteiger charge is -2.38. The molecule has 3 unspecified atom stereocenters. The van der Waals surface area contributed by atoms with Crippen molar-refractivity contribution >= 4 is 11.9 Å². The van der Waals surface area contributed by atoms with Gasteiger partial charge in [-0.05, 0) is 24.7 Å². The zero-order valence-electron chi connectivity index (χ0n) is 11.4. The molecule has 1 rings (SSSR count). The molecule has 0 aromatic carbocycles. The van der Waals surface area contributed by atoms with Gasteiger partial charge < -0.3 is 15.7 Å². The van der Waals surface area contributed by atoms with E-state index in [-0.39, 0.29) is 11.8 Å². The third-order valence-electron chi connectivity index (χ3n) is 3.97. The Morgan fingerprint density at radius 2 is 2.11 bits per heavy atom. The number of piperidine rings is 1. The Hall–Kier alpha value is -1.10. The van der Waals surface area contributed by atoms with Crippen molar-refractivity contribution in [2.24, 2.45) is 17.6 Å². The molecular weight excluding hydrogens is 232 g/mol. The van der Waals surface area contributed by atoms with Gasteiger partial charge in [0.25, 0.3) is 0 Å². The van der Waals surface area contributed by atoms with E-state index in [0.29, 0.717) is 18.9 Å². The van der Waals surface area contributed by atoms with Crippen LogP contribution < -0.4 is 5.73 Å².